The van der Waals surface area contributed by atoms with Gasteiger partial charge in [-0.2, -0.15) is 0 Å². The first-order valence-corrected chi connectivity index (χ1v) is 7.52. The van der Waals surface area contributed by atoms with Crippen molar-refractivity contribution in [2.45, 2.75) is 50.4 Å². The fraction of sp³-hybridized carbons (Fsp3) is 0.533. The lowest BCUT2D eigenvalue weighted by atomic mass is 9.95. The molecule has 1 unspecified atom stereocenters. The first-order valence-electron chi connectivity index (χ1n) is 7.09. The third-order valence-electron chi connectivity index (χ3n) is 4.04. The fourth-order valence-corrected chi connectivity index (χ4v) is 3.30. The molecule has 1 aliphatic carbocycles. The maximum absolute atomic E-state index is 13.9. The molecule has 0 bridgehead atoms. The standard InChI is InChI=1S/C15H17ClF2N2/c1-9(16)15-19-14-12(18)7-10(17)8-13(14)20(15)11-5-3-2-4-6-11/h7-9,11H,2-6H2,1H3. The van der Waals surface area contributed by atoms with Crippen molar-refractivity contribution in [3.8, 4) is 0 Å². The van der Waals surface area contributed by atoms with Crippen LogP contribution in [0.2, 0.25) is 0 Å². The molecule has 3 rings (SSSR count). The van der Waals surface area contributed by atoms with E-state index in [-0.39, 0.29) is 16.9 Å². The summed E-state index contributed by atoms with van der Waals surface area (Å²) >= 11 is 6.19. The summed E-state index contributed by atoms with van der Waals surface area (Å²) in [6, 6.07) is 2.48. The number of benzene rings is 1. The van der Waals surface area contributed by atoms with Crippen LogP contribution in [0.5, 0.6) is 0 Å². The van der Waals surface area contributed by atoms with Crippen LogP contribution in [0.4, 0.5) is 8.78 Å². The van der Waals surface area contributed by atoms with Crippen LogP contribution in [-0.2, 0) is 0 Å². The zero-order valence-corrected chi connectivity index (χ0v) is 12.1. The van der Waals surface area contributed by atoms with E-state index in [1.165, 1.54) is 12.5 Å². The number of hydrogen-bond acceptors (Lipinski definition) is 1. The van der Waals surface area contributed by atoms with Crippen molar-refractivity contribution in [2.75, 3.05) is 0 Å². The third-order valence-corrected chi connectivity index (χ3v) is 4.23. The monoisotopic (exact) mass is 298 g/mol. The Bertz CT molecular complexity index is 630. The molecular weight excluding hydrogens is 282 g/mol. The summed E-state index contributed by atoms with van der Waals surface area (Å²) in [5, 5.41) is -0.327. The molecule has 0 N–H and O–H groups in total. The molecule has 1 aliphatic rings. The van der Waals surface area contributed by atoms with Crippen LogP contribution in [0.15, 0.2) is 12.1 Å². The SMILES string of the molecule is CC(Cl)c1nc2c(F)cc(F)cc2n1C1CCCCC1. The molecule has 1 atom stereocenters. The molecule has 5 heteroatoms. The number of halogens is 3. The van der Waals surface area contributed by atoms with Gasteiger partial charge in [-0.3, -0.25) is 0 Å². The minimum atomic E-state index is -0.617. The van der Waals surface area contributed by atoms with E-state index in [4.69, 9.17) is 11.6 Å². The third kappa shape index (κ3) is 2.30. The zero-order valence-electron chi connectivity index (χ0n) is 11.4. The highest BCUT2D eigenvalue weighted by Crippen LogP contribution is 2.36. The van der Waals surface area contributed by atoms with Gasteiger partial charge in [0.15, 0.2) is 5.82 Å². The van der Waals surface area contributed by atoms with Crippen LogP contribution in [-0.4, -0.2) is 9.55 Å². The van der Waals surface area contributed by atoms with E-state index in [0.717, 1.165) is 31.7 Å². The van der Waals surface area contributed by atoms with Gasteiger partial charge < -0.3 is 4.57 Å². The molecule has 0 spiro atoms. The maximum Gasteiger partial charge on any atom is 0.153 e. The van der Waals surface area contributed by atoms with Gasteiger partial charge >= 0.3 is 0 Å². The van der Waals surface area contributed by atoms with Gasteiger partial charge in [0, 0.05) is 12.1 Å². The Labute approximate surface area is 121 Å². The highest BCUT2D eigenvalue weighted by molar-refractivity contribution is 6.20. The molecule has 2 aromatic rings. The van der Waals surface area contributed by atoms with E-state index in [9.17, 15) is 8.78 Å². The summed E-state index contributed by atoms with van der Waals surface area (Å²) in [6.07, 6.45) is 5.52. The van der Waals surface area contributed by atoms with Crippen molar-refractivity contribution in [1.29, 1.82) is 0 Å². The molecule has 1 aromatic carbocycles. The average Bonchev–Trinajstić information content (AvgIpc) is 2.79. The molecule has 0 amide bonds. The van der Waals surface area contributed by atoms with E-state index in [0.29, 0.717) is 11.3 Å². The van der Waals surface area contributed by atoms with E-state index < -0.39 is 11.6 Å². The minimum absolute atomic E-state index is 0.222. The number of hydrogen-bond donors (Lipinski definition) is 0. The molecule has 1 aromatic heterocycles. The van der Waals surface area contributed by atoms with Crippen LogP contribution in [0.25, 0.3) is 11.0 Å². The number of alkyl halides is 1. The predicted molar refractivity (Wildman–Crippen MR) is 76.0 cm³/mol. The molecule has 1 heterocycles. The molecule has 1 saturated carbocycles. The van der Waals surface area contributed by atoms with Crippen LogP contribution >= 0.6 is 11.6 Å². The molecule has 108 valence electrons. The normalized spacial score (nSPS) is 18.6. The largest absolute Gasteiger partial charge is 0.323 e. The van der Waals surface area contributed by atoms with Crippen molar-refractivity contribution >= 4 is 22.6 Å². The quantitative estimate of drug-likeness (QED) is 0.704. The number of aromatic nitrogens is 2. The molecule has 20 heavy (non-hydrogen) atoms. The Morgan fingerprint density at radius 2 is 1.95 bits per heavy atom. The predicted octanol–water partition coefficient (Wildman–Crippen LogP) is 5.12. The fourth-order valence-electron chi connectivity index (χ4n) is 3.14. The summed E-state index contributed by atoms with van der Waals surface area (Å²) in [7, 11) is 0. The number of imidazole rings is 1. The van der Waals surface area contributed by atoms with Crippen molar-refractivity contribution in [3.05, 3.63) is 29.6 Å². The molecule has 0 radical (unpaired) electrons. The minimum Gasteiger partial charge on any atom is -0.323 e. The number of rotatable bonds is 2. The van der Waals surface area contributed by atoms with E-state index >= 15 is 0 Å². The van der Waals surface area contributed by atoms with Gasteiger partial charge in [-0.1, -0.05) is 19.3 Å². The molecule has 0 saturated heterocycles. The van der Waals surface area contributed by atoms with Crippen molar-refractivity contribution < 1.29 is 8.78 Å². The number of fused-ring (bicyclic) bond motifs is 1. The lowest BCUT2D eigenvalue weighted by molar-refractivity contribution is 0.352. The Morgan fingerprint density at radius 3 is 2.60 bits per heavy atom. The average molecular weight is 299 g/mol. The highest BCUT2D eigenvalue weighted by Gasteiger charge is 2.25. The molecular formula is C15H17ClF2N2. The second-order valence-corrected chi connectivity index (χ2v) is 6.16. The van der Waals surface area contributed by atoms with Gasteiger partial charge in [0.25, 0.3) is 0 Å². The van der Waals surface area contributed by atoms with Crippen molar-refractivity contribution in [3.63, 3.8) is 0 Å². The van der Waals surface area contributed by atoms with Crippen LogP contribution in [0.3, 0.4) is 0 Å². The van der Waals surface area contributed by atoms with Crippen LogP contribution < -0.4 is 0 Å². The second-order valence-electron chi connectivity index (χ2n) is 5.50. The smallest absolute Gasteiger partial charge is 0.153 e. The van der Waals surface area contributed by atoms with Gasteiger partial charge in [0.1, 0.15) is 17.2 Å². The van der Waals surface area contributed by atoms with Crippen molar-refractivity contribution in [1.82, 2.24) is 9.55 Å². The number of nitrogens with zero attached hydrogens (tertiary/aromatic N) is 2. The summed E-state index contributed by atoms with van der Waals surface area (Å²) in [6.45, 7) is 1.82. The van der Waals surface area contributed by atoms with Gasteiger partial charge in [0.2, 0.25) is 0 Å². The Kier molecular flexibility index (Phi) is 3.67. The maximum atomic E-state index is 13.9. The Balaban J connectivity index is 2.22. The summed E-state index contributed by atoms with van der Waals surface area (Å²) in [5.74, 6) is -0.549. The van der Waals surface area contributed by atoms with Gasteiger partial charge in [0.05, 0.1) is 10.9 Å². The van der Waals surface area contributed by atoms with Gasteiger partial charge in [-0.15, -0.1) is 11.6 Å². The Hall–Kier alpha value is -1.16. The summed E-state index contributed by atoms with van der Waals surface area (Å²) in [5.41, 5.74) is 0.747. The van der Waals surface area contributed by atoms with Gasteiger partial charge in [-0.25, -0.2) is 13.8 Å². The summed E-state index contributed by atoms with van der Waals surface area (Å²) in [4.78, 5) is 4.32. The van der Waals surface area contributed by atoms with Gasteiger partial charge in [-0.05, 0) is 25.8 Å². The molecule has 0 aliphatic heterocycles. The highest BCUT2D eigenvalue weighted by atomic mass is 35.5. The lowest BCUT2D eigenvalue weighted by Crippen LogP contribution is -2.15. The zero-order chi connectivity index (χ0) is 14.3. The lowest BCUT2D eigenvalue weighted by Gasteiger charge is -2.26. The second kappa shape index (κ2) is 5.32. The van der Waals surface area contributed by atoms with Crippen LogP contribution in [0.1, 0.15) is 56.3 Å². The van der Waals surface area contributed by atoms with E-state index in [1.807, 2.05) is 11.5 Å². The van der Waals surface area contributed by atoms with Crippen molar-refractivity contribution in [2.24, 2.45) is 0 Å². The van der Waals surface area contributed by atoms with Crippen LogP contribution in [0, 0.1) is 11.6 Å². The summed E-state index contributed by atoms with van der Waals surface area (Å²) < 4.78 is 29.4. The van der Waals surface area contributed by atoms with E-state index in [2.05, 4.69) is 4.98 Å². The van der Waals surface area contributed by atoms with E-state index in [1.54, 1.807) is 0 Å². The molecule has 2 nitrogen and oxygen atoms in total. The Morgan fingerprint density at radius 1 is 1.25 bits per heavy atom. The topological polar surface area (TPSA) is 17.8 Å². The molecule has 1 fully saturated rings. The first-order chi connectivity index (χ1) is 9.58. The first kappa shape index (κ1) is 13.8.